The van der Waals surface area contributed by atoms with Crippen molar-refractivity contribution in [3.05, 3.63) is 101 Å². The van der Waals surface area contributed by atoms with E-state index < -0.39 is 6.17 Å². The van der Waals surface area contributed by atoms with Crippen LogP contribution in [0, 0.1) is 5.82 Å². The molecule has 7 nitrogen and oxygen atoms in total. The molecule has 0 aliphatic carbocycles. The Morgan fingerprint density at radius 3 is 2.60 bits per heavy atom. The Hall–Kier alpha value is -4.01. The molecule has 1 saturated heterocycles. The average molecular weight is 585 g/mol. The van der Waals surface area contributed by atoms with Gasteiger partial charge in [0.05, 0.1) is 0 Å². The molecular formula is C33H34ClFN6O. The number of rotatable bonds is 6. The number of aliphatic imine (C=N–C) groups is 1. The van der Waals surface area contributed by atoms with E-state index in [0.29, 0.717) is 34.4 Å². The van der Waals surface area contributed by atoms with Gasteiger partial charge >= 0.3 is 0 Å². The molecule has 0 saturated carbocycles. The summed E-state index contributed by atoms with van der Waals surface area (Å²) < 4.78 is 15.2. The second kappa shape index (κ2) is 12.1. The third-order valence-electron chi connectivity index (χ3n) is 8.36. The summed E-state index contributed by atoms with van der Waals surface area (Å²) in [4.78, 5) is 26.7. The fourth-order valence-corrected chi connectivity index (χ4v) is 6.26. The number of piperidine rings is 1. The van der Waals surface area contributed by atoms with E-state index in [-0.39, 0.29) is 17.6 Å². The number of hydrogen-bond acceptors (Lipinski definition) is 6. The molecule has 1 aromatic heterocycles. The molecule has 4 heterocycles. The highest BCUT2D eigenvalue weighted by Crippen LogP contribution is 2.36. The highest BCUT2D eigenvalue weighted by molar-refractivity contribution is 6.35. The zero-order valence-corrected chi connectivity index (χ0v) is 24.5. The first-order chi connectivity index (χ1) is 20.4. The van der Waals surface area contributed by atoms with Gasteiger partial charge in [-0.2, -0.15) is 0 Å². The minimum Gasteiger partial charge on any atom is -0.332 e. The number of fused-ring (bicyclic) bond motifs is 1. The average Bonchev–Trinajstić information content (AvgIpc) is 3.02. The van der Waals surface area contributed by atoms with Gasteiger partial charge in [-0.05, 0) is 86.8 Å². The molecule has 2 aromatic carbocycles. The number of guanidine groups is 1. The van der Waals surface area contributed by atoms with Crippen molar-refractivity contribution in [2.45, 2.75) is 38.8 Å². The molecule has 3 aromatic rings. The maximum absolute atomic E-state index is 15.2. The van der Waals surface area contributed by atoms with E-state index in [1.165, 1.54) is 6.07 Å². The van der Waals surface area contributed by atoms with Crippen LogP contribution >= 0.6 is 11.6 Å². The number of nitrogens with zero attached hydrogens (tertiary/aromatic N) is 4. The number of nitrogens with one attached hydrogen (secondary N) is 2. The number of carbonyl (C=O) groups excluding carboxylic acids is 1. The van der Waals surface area contributed by atoms with E-state index in [2.05, 4.69) is 27.4 Å². The smallest absolute Gasteiger partial charge is 0.256 e. The maximum Gasteiger partial charge on any atom is 0.256 e. The second-order valence-electron chi connectivity index (χ2n) is 10.8. The van der Waals surface area contributed by atoms with Crippen molar-refractivity contribution in [1.82, 2.24) is 20.1 Å². The topological polar surface area (TPSA) is 72.9 Å². The number of halogens is 2. The fourth-order valence-electron chi connectivity index (χ4n) is 5.98. The SMILES string of the molecule is CCN1CCC(c2ccc(NC3=NC4C(=CN3)C=C(c3ccc(-c5cccnc5)cc3Cl)C(=O)N4CC)cc2F)CC1. The normalized spacial score (nSPS) is 19.4. The zero-order valence-electron chi connectivity index (χ0n) is 23.8. The Labute approximate surface area is 250 Å². The number of carbonyl (C=O) groups is 1. The van der Waals surface area contributed by atoms with Crippen molar-refractivity contribution in [3.63, 3.8) is 0 Å². The standard InChI is InChI=1S/C33H34ClFN6O/c1-3-40-14-11-21(12-15-40)26-10-8-25(18-30(26)35)38-33-37-20-24-16-28(32(42)41(4-2)31(24)39-33)27-9-7-22(17-29(27)34)23-6-5-13-36-19-23/h5-10,13,16-21,31H,3-4,11-12,14-15H2,1-2H3,(H2,37,38,39). The van der Waals surface area contributed by atoms with Crippen LogP contribution in [0.3, 0.4) is 0 Å². The van der Waals surface area contributed by atoms with E-state index in [0.717, 1.165) is 54.7 Å². The summed E-state index contributed by atoms with van der Waals surface area (Å²) in [6.45, 7) is 7.59. The Balaban J connectivity index is 1.20. The van der Waals surface area contributed by atoms with Gasteiger partial charge in [-0.25, -0.2) is 9.38 Å². The highest BCUT2D eigenvalue weighted by atomic mass is 35.5. The van der Waals surface area contributed by atoms with Crippen molar-refractivity contribution >= 4 is 34.7 Å². The number of anilines is 1. The number of hydrogen-bond donors (Lipinski definition) is 2. The van der Waals surface area contributed by atoms with Crippen LogP contribution < -0.4 is 10.6 Å². The molecule has 9 heteroatoms. The molecular weight excluding hydrogens is 551 g/mol. The van der Waals surface area contributed by atoms with Gasteiger partial charge in [0.2, 0.25) is 5.96 Å². The first-order valence-corrected chi connectivity index (χ1v) is 14.9. The van der Waals surface area contributed by atoms with Gasteiger partial charge < -0.3 is 20.4 Å². The molecule has 1 atom stereocenters. The molecule has 1 fully saturated rings. The molecule has 3 aliphatic heterocycles. The van der Waals surface area contributed by atoms with Gasteiger partial charge in [-0.15, -0.1) is 0 Å². The number of amides is 1. The summed E-state index contributed by atoms with van der Waals surface area (Å²) in [5.41, 5.74) is 5.27. The molecule has 2 N–H and O–H groups in total. The highest BCUT2D eigenvalue weighted by Gasteiger charge is 2.35. The van der Waals surface area contributed by atoms with Crippen LogP contribution in [0.2, 0.25) is 5.02 Å². The molecule has 1 unspecified atom stereocenters. The summed E-state index contributed by atoms with van der Waals surface area (Å²) in [5, 5.41) is 6.86. The molecule has 3 aliphatic rings. The van der Waals surface area contributed by atoms with Crippen LogP contribution in [0.1, 0.15) is 43.7 Å². The Kier molecular flexibility index (Phi) is 8.09. The molecule has 1 amide bonds. The second-order valence-corrected chi connectivity index (χ2v) is 11.2. The van der Waals surface area contributed by atoms with Gasteiger partial charge in [0.1, 0.15) is 5.82 Å². The minimum absolute atomic E-state index is 0.148. The van der Waals surface area contributed by atoms with Crippen molar-refractivity contribution < 1.29 is 9.18 Å². The van der Waals surface area contributed by atoms with Gasteiger partial charge in [-0.3, -0.25) is 9.78 Å². The molecule has 216 valence electrons. The lowest BCUT2D eigenvalue weighted by Gasteiger charge is -2.36. The number of likely N-dealkylation sites (N-methyl/N-ethyl adjacent to an activating group) is 1. The van der Waals surface area contributed by atoms with E-state index in [9.17, 15) is 4.79 Å². The van der Waals surface area contributed by atoms with E-state index in [1.807, 2.05) is 61.7 Å². The molecule has 0 spiro atoms. The summed E-state index contributed by atoms with van der Waals surface area (Å²) in [6.07, 6.45) is 8.61. The van der Waals surface area contributed by atoms with E-state index >= 15 is 4.39 Å². The van der Waals surface area contributed by atoms with Crippen LogP contribution in [0.15, 0.2) is 83.8 Å². The summed E-state index contributed by atoms with van der Waals surface area (Å²) in [6, 6.07) is 14.8. The number of aromatic nitrogens is 1. The van der Waals surface area contributed by atoms with Crippen molar-refractivity contribution in [2.75, 3.05) is 31.5 Å². The molecule has 0 radical (unpaired) electrons. The van der Waals surface area contributed by atoms with Gasteiger partial charge in [-0.1, -0.05) is 42.8 Å². The van der Waals surface area contributed by atoms with Crippen LogP contribution in [0.25, 0.3) is 16.7 Å². The first-order valence-electron chi connectivity index (χ1n) is 14.5. The van der Waals surface area contributed by atoms with Gasteiger partial charge in [0, 0.05) is 58.1 Å². The van der Waals surface area contributed by atoms with E-state index in [4.69, 9.17) is 16.6 Å². The van der Waals surface area contributed by atoms with Gasteiger partial charge in [0.25, 0.3) is 5.91 Å². The number of pyridine rings is 1. The van der Waals surface area contributed by atoms with Crippen LogP contribution in [0.4, 0.5) is 10.1 Å². The Morgan fingerprint density at radius 2 is 1.90 bits per heavy atom. The molecule has 0 bridgehead atoms. The van der Waals surface area contributed by atoms with Crippen LogP contribution in [-0.4, -0.2) is 59.0 Å². The van der Waals surface area contributed by atoms with Crippen LogP contribution in [-0.2, 0) is 4.79 Å². The van der Waals surface area contributed by atoms with E-state index in [1.54, 1.807) is 17.3 Å². The first kappa shape index (κ1) is 28.1. The predicted molar refractivity (Wildman–Crippen MR) is 167 cm³/mol. The Bertz CT molecular complexity index is 1580. The molecule has 42 heavy (non-hydrogen) atoms. The third kappa shape index (κ3) is 5.56. The summed E-state index contributed by atoms with van der Waals surface area (Å²) in [5.74, 6) is 0.341. The lowest BCUT2D eigenvalue weighted by atomic mass is 9.89. The molecule has 6 rings (SSSR count). The van der Waals surface area contributed by atoms with Crippen molar-refractivity contribution in [1.29, 1.82) is 0 Å². The zero-order chi connectivity index (χ0) is 29.2. The van der Waals surface area contributed by atoms with Crippen LogP contribution in [0.5, 0.6) is 0 Å². The van der Waals surface area contributed by atoms with Crippen molar-refractivity contribution in [2.24, 2.45) is 4.99 Å². The monoisotopic (exact) mass is 584 g/mol. The third-order valence-corrected chi connectivity index (χ3v) is 8.67. The van der Waals surface area contributed by atoms with Crippen molar-refractivity contribution in [3.8, 4) is 11.1 Å². The predicted octanol–water partition coefficient (Wildman–Crippen LogP) is 6.27. The lowest BCUT2D eigenvalue weighted by molar-refractivity contribution is -0.126. The maximum atomic E-state index is 15.2. The number of benzene rings is 2. The summed E-state index contributed by atoms with van der Waals surface area (Å²) in [7, 11) is 0. The quantitative estimate of drug-likeness (QED) is 0.357. The fraction of sp³-hybridized carbons (Fsp3) is 0.303. The lowest BCUT2D eigenvalue weighted by Crippen LogP contribution is -2.47. The Morgan fingerprint density at radius 1 is 1.07 bits per heavy atom. The number of likely N-dealkylation sites (tertiary alicyclic amines) is 1. The largest absolute Gasteiger partial charge is 0.332 e. The summed E-state index contributed by atoms with van der Waals surface area (Å²) >= 11 is 6.71. The minimum atomic E-state index is -0.503. The van der Waals surface area contributed by atoms with Gasteiger partial charge in [0.15, 0.2) is 6.17 Å².